The van der Waals surface area contributed by atoms with Crippen LogP contribution in [0.2, 0.25) is 5.02 Å². The summed E-state index contributed by atoms with van der Waals surface area (Å²) in [5, 5.41) is 3.89. The fourth-order valence-corrected chi connectivity index (χ4v) is 3.92. The van der Waals surface area contributed by atoms with Crippen LogP contribution in [-0.4, -0.2) is 15.8 Å². The second kappa shape index (κ2) is 5.72. The Balaban J connectivity index is 2.01. The minimum Gasteiger partial charge on any atom is -0.385 e. The summed E-state index contributed by atoms with van der Waals surface area (Å²) in [7, 11) is 0. The lowest BCUT2D eigenvalue weighted by Gasteiger charge is -2.33. The van der Waals surface area contributed by atoms with Crippen LogP contribution in [0.5, 0.6) is 0 Å². The third-order valence-electron chi connectivity index (χ3n) is 4.49. The van der Waals surface area contributed by atoms with E-state index in [1.54, 1.807) is 0 Å². The normalized spacial score (nSPS) is 19.5. The zero-order valence-electron chi connectivity index (χ0n) is 12.7. The summed E-state index contributed by atoms with van der Waals surface area (Å²) in [6.07, 6.45) is 2.19. The average Bonchev–Trinajstić information content (AvgIpc) is 2.53. The zero-order chi connectivity index (χ0) is 16.8. The number of H-pyrrole nitrogens is 1. The van der Waals surface area contributed by atoms with Gasteiger partial charge in [-0.3, -0.25) is 4.79 Å². The number of nitrogen functional groups attached to an aromatic ring is 1. The van der Waals surface area contributed by atoms with E-state index in [0.29, 0.717) is 27.9 Å². The van der Waals surface area contributed by atoms with Crippen LogP contribution in [0.25, 0.3) is 0 Å². The number of halogens is 1. The van der Waals surface area contributed by atoms with Crippen LogP contribution < -0.4 is 11.1 Å². The van der Waals surface area contributed by atoms with Gasteiger partial charge in [-0.05, 0) is 42.8 Å². The first-order chi connectivity index (χ1) is 11.5. The second-order valence-corrected chi connectivity index (χ2v) is 6.82. The van der Waals surface area contributed by atoms with Crippen LogP contribution in [0.4, 0.5) is 11.6 Å². The lowest BCUT2D eigenvalue weighted by molar-refractivity contribution is -0.116. The van der Waals surface area contributed by atoms with Crippen LogP contribution in [0.15, 0.2) is 35.5 Å². The van der Waals surface area contributed by atoms with Gasteiger partial charge in [0.25, 0.3) is 0 Å². The van der Waals surface area contributed by atoms with Gasteiger partial charge in [0.1, 0.15) is 11.6 Å². The highest BCUT2D eigenvalue weighted by Gasteiger charge is 2.37. The predicted molar refractivity (Wildman–Crippen MR) is 96.6 cm³/mol. The maximum atomic E-state index is 12.7. The molecule has 2 aromatic rings. The van der Waals surface area contributed by atoms with Crippen molar-refractivity contribution in [1.82, 2.24) is 9.97 Å². The number of nitrogens with zero attached hydrogens (tertiary/aromatic N) is 1. The van der Waals surface area contributed by atoms with Gasteiger partial charge in [0.15, 0.2) is 10.6 Å². The first-order valence-corrected chi connectivity index (χ1v) is 8.51. The van der Waals surface area contributed by atoms with Gasteiger partial charge in [-0.15, -0.1) is 0 Å². The van der Waals surface area contributed by atoms with Crippen molar-refractivity contribution in [2.24, 2.45) is 0 Å². The van der Waals surface area contributed by atoms with Gasteiger partial charge >= 0.3 is 0 Å². The molecule has 122 valence electrons. The topological polar surface area (TPSA) is 83.8 Å². The van der Waals surface area contributed by atoms with Crippen molar-refractivity contribution in [3.05, 3.63) is 56.5 Å². The highest BCUT2D eigenvalue weighted by atomic mass is 35.5. The summed E-state index contributed by atoms with van der Waals surface area (Å²) in [6.45, 7) is 0. The Labute approximate surface area is 148 Å². The molecule has 5 nitrogen and oxygen atoms in total. The summed E-state index contributed by atoms with van der Waals surface area (Å²) in [6, 6.07) is 7.51. The van der Waals surface area contributed by atoms with Crippen molar-refractivity contribution in [2.75, 3.05) is 11.1 Å². The molecule has 7 heteroatoms. The Morgan fingerprint density at radius 1 is 1.33 bits per heavy atom. The first kappa shape index (κ1) is 15.4. The number of hydrogen-bond donors (Lipinski definition) is 3. The fourth-order valence-electron chi connectivity index (χ4n) is 3.52. The van der Waals surface area contributed by atoms with E-state index in [4.69, 9.17) is 29.6 Å². The number of allylic oxidation sites excluding steroid dienone is 2. The molecule has 24 heavy (non-hydrogen) atoms. The molecule has 2 heterocycles. The van der Waals surface area contributed by atoms with Gasteiger partial charge in [-0.2, -0.15) is 0 Å². The SMILES string of the molecule is Nc1[nH]c(=S)nc2c1C(c1cccc(Cl)c1)C1=C(CCCC1=O)N2. The number of nitrogens with two attached hydrogens (primary N) is 1. The number of carbonyl (C=O) groups excluding carboxylic acids is 1. The van der Waals surface area contributed by atoms with Gasteiger partial charge in [0.05, 0.1) is 0 Å². The summed E-state index contributed by atoms with van der Waals surface area (Å²) in [5.74, 6) is 0.894. The molecule has 0 radical (unpaired) electrons. The summed E-state index contributed by atoms with van der Waals surface area (Å²) in [5.41, 5.74) is 9.55. The Morgan fingerprint density at radius 2 is 2.17 bits per heavy atom. The molecule has 4 N–H and O–H groups in total. The highest BCUT2D eigenvalue weighted by Crippen LogP contribution is 2.46. The summed E-state index contributed by atoms with van der Waals surface area (Å²) in [4.78, 5) is 19.9. The summed E-state index contributed by atoms with van der Waals surface area (Å²) < 4.78 is 0.315. The summed E-state index contributed by atoms with van der Waals surface area (Å²) >= 11 is 11.3. The van der Waals surface area contributed by atoms with Gasteiger partial charge in [0, 0.05) is 34.2 Å². The Kier molecular flexibility index (Phi) is 3.66. The number of Topliss-reactive ketones (excluding diaryl/α,β-unsaturated/α-hetero) is 1. The molecule has 1 aromatic heterocycles. The lowest BCUT2D eigenvalue weighted by Crippen LogP contribution is -2.28. The van der Waals surface area contributed by atoms with Crippen molar-refractivity contribution in [2.45, 2.75) is 25.2 Å². The van der Waals surface area contributed by atoms with Crippen molar-refractivity contribution < 1.29 is 4.79 Å². The van der Waals surface area contributed by atoms with Crippen LogP contribution in [0.1, 0.15) is 36.3 Å². The molecule has 0 bridgehead atoms. The quantitative estimate of drug-likeness (QED) is 0.672. The van der Waals surface area contributed by atoms with Crippen molar-refractivity contribution in [3.8, 4) is 0 Å². The number of carbonyl (C=O) groups is 1. The number of anilines is 2. The number of nitrogens with one attached hydrogen (secondary N) is 2. The minimum absolute atomic E-state index is 0.140. The van der Waals surface area contributed by atoms with Gasteiger partial charge < -0.3 is 16.0 Å². The highest BCUT2D eigenvalue weighted by molar-refractivity contribution is 7.71. The standard InChI is InChI=1S/C17H15ClN4OS/c18-9-4-1-3-8(7-9)12-13-10(5-2-6-11(13)23)20-16-14(12)15(19)21-17(24)22-16/h1,3-4,7,12H,2,5-6H2,(H4,19,20,21,22,24). The van der Waals surface area contributed by atoms with Crippen molar-refractivity contribution in [1.29, 1.82) is 0 Å². The molecule has 0 fully saturated rings. The molecule has 2 aliphatic rings. The predicted octanol–water partition coefficient (Wildman–Crippen LogP) is 3.94. The van der Waals surface area contributed by atoms with Crippen LogP contribution in [0.3, 0.4) is 0 Å². The molecule has 4 rings (SSSR count). The molecule has 0 saturated heterocycles. The van der Waals surface area contributed by atoms with E-state index in [1.165, 1.54) is 0 Å². The molecule has 1 aliphatic heterocycles. The maximum absolute atomic E-state index is 12.7. The smallest absolute Gasteiger partial charge is 0.200 e. The Morgan fingerprint density at radius 3 is 2.96 bits per heavy atom. The van der Waals surface area contributed by atoms with Crippen molar-refractivity contribution in [3.63, 3.8) is 0 Å². The number of benzene rings is 1. The molecule has 1 unspecified atom stereocenters. The molecule has 1 aromatic carbocycles. The number of hydrogen-bond acceptors (Lipinski definition) is 5. The van der Waals surface area contributed by atoms with Crippen LogP contribution in [-0.2, 0) is 4.79 Å². The third-order valence-corrected chi connectivity index (χ3v) is 4.91. The van der Waals surface area contributed by atoms with Gasteiger partial charge in [-0.1, -0.05) is 23.7 Å². The molecule has 1 aliphatic carbocycles. The maximum Gasteiger partial charge on any atom is 0.200 e. The first-order valence-electron chi connectivity index (χ1n) is 7.73. The van der Waals surface area contributed by atoms with E-state index in [1.807, 2.05) is 24.3 Å². The van der Waals surface area contributed by atoms with Crippen molar-refractivity contribution >= 4 is 41.2 Å². The number of aromatic nitrogens is 2. The number of ketones is 1. The number of aromatic amines is 1. The Bertz CT molecular complexity index is 950. The third kappa shape index (κ3) is 2.42. The molecule has 0 spiro atoms. The molecule has 0 saturated carbocycles. The Hall–Kier alpha value is -2.18. The van der Waals surface area contributed by atoms with E-state index >= 15 is 0 Å². The van der Waals surface area contributed by atoms with E-state index in [0.717, 1.165) is 35.2 Å². The fraction of sp³-hybridized carbons (Fsp3) is 0.235. The molecule has 0 amide bonds. The number of rotatable bonds is 1. The second-order valence-electron chi connectivity index (χ2n) is 6.00. The average molecular weight is 359 g/mol. The molecule has 1 atom stereocenters. The largest absolute Gasteiger partial charge is 0.385 e. The minimum atomic E-state index is -0.290. The van der Waals surface area contributed by atoms with E-state index in [9.17, 15) is 4.79 Å². The monoisotopic (exact) mass is 358 g/mol. The molecular formula is C17H15ClN4OS. The lowest BCUT2D eigenvalue weighted by atomic mass is 9.76. The van der Waals surface area contributed by atoms with Gasteiger partial charge in [0.2, 0.25) is 0 Å². The zero-order valence-corrected chi connectivity index (χ0v) is 14.3. The molecular weight excluding hydrogens is 344 g/mol. The van der Waals surface area contributed by atoms with E-state index in [2.05, 4.69) is 15.3 Å². The van der Waals surface area contributed by atoms with E-state index in [-0.39, 0.29) is 11.7 Å². The van der Waals surface area contributed by atoms with Crippen LogP contribution >= 0.6 is 23.8 Å². The van der Waals surface area contributed by atoms with Crippen LogP contribution in [0, 0.1) is 4.77 Å². The number of fused-ring (bicyclic) bond motifs is 1. The van der Waals surface area contributed by atoms with Gasteiger partial charge in [-0.25, -0.2) is 4.98 Å². The van der Waals surface area contributed by atoms with E-state index < -0.39 is 0 Å².